The zero-order valence-electron chi connectivity index (χ0n) is 10.9. The van der Waals surface area contributed by atoms with Gasteiger partial charge < -0.3 is 15.8 Å². The third-order valence-corrected chi connectivity index (χ3v) is 3.42. The van der Waals surface area contributed by atoms with Crippen LogP contribution in [0.25, 0.3) is 0 Å². The molecule has 18 heavy (non-hydrogen) atoms. The van der Waals surface area contributed by atoms with Crippen LogP contribution in [0, 0.1) is 0 Å². The molecule has 0 aromatic rings. The fourth-order valence-corrected chi connectivity index (χ4v) is 2.11. The van der Waals surface area contributed by atoms with Crippen molar-refractivity contribution in [2.45, 2.75) is 56.8 Å². The molecular formula is C12H23F3N2O. The molecule has 0 saturated carbocycles. The molecule has 0 radical (unpaired) electrons. The van der Waals surface area contributed by atoms with Gasteiger partial charge in [0.15, 0.2) is 0 Å². The quantitative estimate of drug-likeness (QED) is 0.744. The molecule has 0 aliphatic carbocycles. The second kappa shape index (κ2) is 6.73. The van der Waals surface area contributed by atoms with E-state index >= 15 is 0 Å². The summed E-state index contributed by atoms with van der Waals surface area (Å²) >= 11 is 0. The number of nitrogens with two attached hydrogens (primary N) is 1. The van der Waals surface area contributed by atoms with E-state index in [1.807, 2.05) is 6.92 Å². The lowest BCUT2D eigenvalue weighted by molar-refractivity contribution is -0.136. The maximum atomic E-state index is 12.1. The number of halogens is 3. The van der Waals surface area contributed by atoms with Crippen molar-refractivity contribution in [1.82, 2.24) is 5.32 Å². The van der Waals surface area contributed by atoms with Crippen molar-refractivity contribution in [2.24, 2.45) is 5.73 Å². The minimum Gasteiger partial charge on any atom is -0.377 e. The average molecular weight is 268 g/mol. The van der Waals surface area contributed by atoms with E-state index in [1.165, 1.54) is 0 Å². The summed E-state index contributed by atoms with van der Waals surface area (Å²) in [6, 6.07) is 0. The number of rotatable bonds is 7. The fraction of sp³-hybridized carbons (Fsp3) is 1.00. The van der Waals surface area contributed by atoms with Gasteiger partial charge in [0.25, 0.3) is 0 Å². The van der Waals surface area contributed by atoms with Crippen molar-refractivity contribution in [3.8, 4) is 0 Å². The molecule has 0 amide bonds. The third kappa shape index (κ3) is 6.02. The van der Waals surface area contributed by atoms with E-state index in [2.05, 4.69) is 5.32 Å². The molecule has 0 spiro atoms. The van der Waals surface area contributed by atoms with Gasteiger partial charge in [0.05, 0.1) is 6.10 Å². The maximum Gasteiger partial charge on any atom is 0.389 e. The summed E-state index contributed by atoms with van der Waals surface area (Å²) in [5, 5.41) is 3.26. The lowest BCUT2D eigenvalue weighted by atomic mass is 9.94. The zero-order valence-corrected chi connectivity index (χ0v) is 10.9. The normalized spacial score (nSPS) is 24.2. The summed E-state index contributed by atoms with van der Waals surface area (Å²) in [6.45, 7) is 3.65. The standard InChI is InChI=1S/C12H23F3N2O/c1-11(9-16,5-3-6-12(13,14)15)17-8-10-4-2-7-18-10/h10,17H,2-9,16H2,1H3. The van der Waals surface area contributed by atoms with Crippen LogP contribution in [-0.4, -0.2) is 37.5 Å². The maximum absolute atomic E-state index is 12.1. The minimum atomic E-state index is -4.08. The molecule has 0 aromatic carbocycles. The van der Waals surface area contributed by atoms with Crippen LogP contribution in [0.4, 0.5) is 13.2 Å². The van der Waals surface area contributed by atoms with Crippen LogP contribution in [0.1, 0.15) is 39.0 Å². The summed E-state index contributed by atoms with van der Waals surface area (Å²) in [4.78, 5) is 0. The van der Waals surface area contributed by atoms with Gasteiger partial charge in [0.2, 0.25) is 0 Å². The summed E-state index contributed by atoms with van der Waals surface area (Å²) in [5.74, 6) is 0. The number of alkyl halides is 3. The van der Waals surface area contributed by atoms with Crippen LogP contribution in [-0.2, 0) is 4.74 Å². The van der Waals surface area contributed by atoms with E-state index in [4.69, 9.17) is 10.5 Å². The van der Waals surface area contributed by atoms with Gasteiger partial charge in [0.1, 0.15) is 0 Å². The van der Waals surface area contributed by atoms with Gasteiger partial charge in [-0.25, -0.2) is 0 Å². The molecule has 3 nitrogen and oxygen atoms in total. The van der Waals surface area contributed by atoms with Gasteiger partial charge in [-0.1, -0.05) is 0 Å². The molecule has 1 heterocycles. The fourth-order valence-electron chi connectivity index (χ4n) is 2.11. The van der Waals surface area contributed by atoms with Crippen molar-refractivity contribution in [3.05, 3.63) is 0 Å². The Morgan fingerprint density at radius 2 is 2.06 bits per heavy atom. The molecule has 1 saturated heterocycles. The van der Waals surface area contributed by atoms with E-state index in [-0.39, 0.29) is 12.5 Å². The largest absolute Gasteiger partial charge is 0.389 e. The van der Waals surface area contributed by atoms with Crippen LogP contribution in [0.5, 0.6) is 0 Å². The predicted octanol–water partition coefficient (Wildman–Crippen LogP) is 2.21. The van der Waals surface area contributed by atoms with Gasteiger partial charge in [-0.2, -0.15) is 13.2 Å². The van der Waals surface area contributed by atoms with E-state index in [0.717, 1.165) is 19.4 Å². The second-order valence-corrected chi connectivity index (χ2v) is 5.25. The first-order valence-corrected chi connectivity index (χ1v) is 6.48. The Hall–Kier alpha value is -0.330. The monoisotopic (exact) mass is 268 g/mol. The lowest BCUT2D eigenvalue weighted by Crippen LogP contribution is -2.51. The van der Waals surface area contributed by atoms with Crippen LogP contribution < -0.4 is 11.1 Å². The Morgan fingerprint density at radius 3 is 2.56 bits per heavy atom. The molecule has 2 atom stereocenters. The molecule has 3 N–H and O–H groups in total. The van der Waals surface area contributed by atoms with Crippen LogP contribution in [0.15, 0.2) is 0 Å². The topological polar surface area (TPSA) is 47.3 Å². The van der Waals surface area contributed by atoms with E-state index in [0.29, 0.717) is 19.5 Å². The zero-order chi connectivity index (χ0) is 13.6. The Kier molecular flexibility index (Phi) is 5.88. The molecular weight excluding hydrogens is 245 g/mol. The smallest absolute Gasteiger partial charge is 0.377 e. The van der Waals surface area contributed by atoms with Gasteiger partial charge in [-0.3, -0.25) is 0 Å². The Balaban J connectivity index is 2.27. The van der Waals surface area contributed by atoms with Crippen LogP contribution in [0.3, 0.4) is 0 Å². The number of nitrogens with one attached hydrogen (secondary N) is 1. The van der Waals surface area contributed by atoms with Gasteiger partial charge in [0, 0.05) is 31.7 Å². The van der Waals surface area contributed by atoms with Gasteiger partial charge >= 0.3 is 6.18 Å². The minimum absolute atomic E-state index is 0.107. The number of hydrogen-bond acceptors (Lipinski definition) is 3. The van der Waals surface area contributed by atoms with Gasteiger partial charge in [-0.15, -0.1) is 0 Å². The first-order chi connectivity index (χ1) is 8.35. The highest BCUT2D eigenvalue weighted by molar-refractivity contribution is 4.86. The molecule has 1 fully saturated rings. The predicted molar refractivity (Wildman–Crippen MR) is 64.3 cm³/mol. The molecule has 1 aliphatic heterocycles. The number of hydrogen-bond donors (Lipinski definition) is 2. The number of ether oxygens (including phenoxy) is 1. The van der Waals surface area contributed by atoms with Crippen molar-refractivity contribution in [3.63, 3.8) is 0 Å². The van der Waals surface area contributed by atoms with E-state index in [1.54, 1.807) is 0 Å². The summed E-state index contributed by atoms with van der Waals surface area (Å²) in [6.07, 6.45) is -2.05. The molecule has 2 unspecified atom stereocenters. The van der Waals surface area contributed by atoms with Crippen molar-refractivity contribution in [2.75, 3.05) is 19.7 Å². The molecule has 108 valence electrons. The van der Waals surface area contributed by atoms with Crippen LogP contribution >= 0.6 is 0 Å². The highest BCUT2D eigenvalue weighted by Crippen LogP contribution is 2.25. The molecule has 6 heteroatoms. The van der Waals surface area contributed by atoms with Crippen molar-refractivity contribution in [1.29, 1.82) is 0 Å². The summed E-state index contributed by atoms with van der Waals surface area (Å²) in [5.41, 5.74) is 5.22. The lowest BCUT2D eigenvalue weighted by Gasteiger charge is -2.31. The summed E-state index contributed by atoms with van der Waals surface area (Å²) < 4.78 is 41.8. The Bertz CT molecular complexity index is 242. The average Bonchev–Trinajstić information content (AvgIpc) is 2.77. The molecule has 0 aromatic heterocycles. The van der Waals surface area contributed by atoms with Crippen molar-refractivity contribution >= 4 is 0 Å². The van der Waals surface area contributed by atoms with Crippen LogP contribution in [0.2, 0.25) is 0 Å². The summed E-state index contributed by atoms with van der Waals surface area (Å²) in [7, 11) is 0. The molecule has 1 rings (SSSR count). The first-order valence-electron chi connectivity index (χ1n) is 6.48. The van der Waals surface area contributed by atoms with Gasteiger partial charge in [-0.05, 0) is 32.6 Å². The van der Waals surface area contributed by atoms with Crippen molar-refractivity contribution < 1.29 is 17.9 Å². The third-order valence-electron chi connectivity index (χ3n) is 3.42. The molecule has 1 aliphatic rings. The Labute approximate surface area is 106 Å². The highest BCUT2D eigenvalue weighted by atomic mass is 19.4. The molecule has 0 bridgehead atoms. The SMILES string of the molecule is CC(CN)(CCCC(F)(F)F)NCC1CCCO1. The first kappa shape index (κ1) is 15.7. The second-order valence-electron chi connectivity index (χ2n) is 5.25. The highest BCUT2D eigenvalue weighted by Gasteiger charge is 2.30. The van der Waals surface area contributed by atoms with E-state index < -0.39 is 18.1 Å². The Morgan fingerprint density at radius 1 is 1.33 bits per heavy atom. The van der Waals surface area contributed by atoms with E-state index in [9.17, 15) is 13.2 Å².